The van der Waals surface area contributed by atoms with Crippen LogP contribution in [0.3, 0.4) is 0 Å². The lowest BCUT2D eigenvalue weighted by atomic mass is 10.1. The monoisotopic (exact) mass is 294 g/mol. The van der Waals surface area contributed by atoms with Crippen molar-refractivity contribution in [3.63, 3.8) is 0 Å². The summed E-state index contributed by atoms with van der Waals surface area (Å²) in [5.41, 5.74) is 1.78. The van der Waals surface area contributed by atoms with Crippen molar-refractivity contribution in [2.24, 2.45) is 0 Å². The van der Waals surface area contributed by atoms with Gasteiger partial charge in [-0.2, -0.15) is 0 Å². The molecule has 0 aliphatic rings. The Balaban J connectivity index is 2.68. The second kappa shape index (κ2) is 9.29. The molecule has 5 heteroatoms. The van der Waals surface area contributed by atoms with Gasteiger partial charge in [0, 0.05) is 16.9 Å². The first-order chi connectivity index (χ1) is 9.71. The maximum Gasteiger partial charge on any atom is 0.315 e. The zero-order valence-electron chi connectivity index (χ0n) is 11.6. The Morgan fingerprint density at radius 3 is 2.90 bits per heavy atom. The van der Waals surface area contributed by atoms with Crippen LogP contribution >= 0.6 is 11.8 Å². The van der Waals surface area contributed by atoms with Crippen molar-refractivity contribution in [3.8, 4) is 17.6 Å². The third kappa shape index (κ3) is 5.55. The lowest BCUT2D eigenvalue weighted by Gasteiger charge is -2.08. The number of hydrogen-bond acceptors (Lipinski definition) is 5. The first-order valence-electron chi connectivity index (χ1n) is 6.21. The Morgan fingerprint density at radius 1 is 1.45 bits per heavy atom. The minimum Gasteiger partial charge on any atom is -0.496 e. The standard InChI is InChI=1S/C15H18O4S/c1-3-19-15(17)11-20-10-13-9-12(5-4-8-16)6-7-14(13)18-2/h6-7,9,16H,3,8,10-11H2,1-2H3. The van der Waals surface area contributed by atoms with Gasteiger partial charge in [-0.25, -0.2) is 0 Å². The molecular weight excluding hydrogens is 276 g/mol. The van der Waals surface area contributed by atoms with Crippen LogP contribution in [0.15, 0.2) is 18.2 Å². The maximum absolute atomic E-state index is 11.3. The molecule has 0 aliphatic heterocycles. The molecule has 108 valence electrons. The summed E-state index contributed by atoms with van der Waals surface area (Å²) in [7, 11) is 1.61. The largest absolute Gasteiger partial charge is 0.496 e. The van der Waals surface area contributed by atoms with Crippen molar-refractivity contribution < 1.29 is 19.4 Å². The number of esters is 1. The van der Waals surface area contributed by atoms with Crippen molar-refractivity contribution in [1.29, 1.82) is 0 Å². The number of rotatable bonds is 6. The van der Waals surface area contributed by atoms with E-state index in [-0.39, 0.29) is 12.6 Å². The number of aliphatic hydroxyl groups is 1. The third-order valence-electron chi connectivity index (χ3n) is 2.37. The van der Waals surface area contributed by atoms with Crippen molar-refractivity contribution in [2.75, 3.05) is 26.1 Å². The highest BCUT2D eigenvalue weighted by Gasteiger charge is 2.07. The van der Waals surface area contributed by atoms with Gasteiger partial charge >= 0.3 is 5.97 Å². The molecule has 0 saturated heterocycles. The number of thioether (sulfide) groups is 1. The van der Waals surface area contributed by atoms with Crippen LogP contribution in [0.2, 0.25) is 0 Å². The van der Waals surface area contributed by atoms with Crippen LogP contribution in [0.1, 0.15) is 18.1 Å². The fourth-order valence-corrected chi connectivity index (χ4v) is 2.36. The van der Waals surface area contributed by atoms with Crippen LogP contribution in [0.4, 0.5) is 0 Å². The summed E-state index contributed by atoms with van der Waals surface area (Å²) in [4.78, 5) is 11.3. The van der Waals surface area contributed by atoms with E-state index < -0.39 is 0 Å². The molecule has 1 N–H and O–H groups in total. The number of carbonyl (C=O) groups excluding carboxylic acids is 1. The summed E-state index contributed by atoms with van der Waals surface area (Å²) >= 11 is 1.46. The van der Waals surface area contributed by atoms with Crippen molar-refractivity contribution >= 4 is 17.7 Å². The van der Waals surface area contributed by atoms with Crippen molar-refractivity contribution in [3.05, 3.63) is 29.3 Å². The van der Waals surface area contributed by atoms with Gasteiger partial charge in [0.15, 0.2) is 0 Å². The highest BCUT2D eigenvalue weighted by Crippen LogP contribution is 2.24. The van der Waals surface area contributed by atoms with E-state index >= 15 is 0 Å². The fourth-order valence-electron chi connectivity index (χ4n) is 1.56. The highest BCUT2D eigenvalue weighted by molar-refractivity contribution is 7.99. The summed E-state index contributed by atoms with van der Waals surface area (Å²) in [5.74, 6) is 6.94. The van der Waals surface area contributed by atoms with E-state index in [1.807, 2.05) is 18.2 Å². The topological polar surface area (TPSA) is 55.8 Å². The van der Waals surface area contributed by atoms with Crippen LogP contribution in [0.25, 0.3) is 0 Å². The second-order valence-corrected chi connectivity index (χ2v) is 4.77. The van der Waals surface area contributed by atoms with Crippen LogP contribution < -0.4 is 4.74 Å². The predicted molar refractivity (Wildman–Crippen MR) is 79.8 cm³/mol. The summed E-state index contributed by atoms with van der Waals surface area (Å²) < 4.78 is 10.2. The van der Waals surface area contributed by atoms with E-state index in [0.717, 1.165) is 16.9 Å². The van der Waals surface area contributed by atoms with Gasteiger partial charge in [-0.1, -0.05) is 11.8 Å². The number of methoxy groups -OCH3 is 1. The summed E-state index contributed by atoms with van der Waals surface area (Å²) in [6, 6.07) is 5.57. The van der Waals surface area contributed by atoms with E-state index in [9.17, 15) is 4.79 Å². The molecule has 0 saturated carbocycles. The molecule has 0 atom stereocenters. The number of carbonyl (C=O) groups is 1. The normalized spacial score (nSPS) is 9.55. The molecule has 0 radical (unpaired) electrons. The van der Waals surface area contributed by atoms with Gasteiger partial charge in [0.05, 0.1) is 19.5 Å². The zero-order valence-corrected chi connectivity index (χ0v) is 12.5. The Morgan fingerprint density at radius 2 is 2.25 bits per heavy atom. The van der Waals surface area contributed by atoms with Crippen molar-refractivity contribution in [1.82, 2.24) is 0 Å². The van der Waals surface area contributed by atoms with E-state index in [0.29, 0.717) is 18.1 Å². The zero-order chi connectivity index (χ0) is 14.8. The van der Waals surface area contributed by atoms with E-state index in [1.165, 1.54) is 11.8 Å². The molecule has 0 bridgehead atoms. The Bertz CT molecular complexity index is 502. The number of ether oxygens (including phenoxy) is 2. The first kappa shape index (κ1) is 16.4. The molecule has 1 rings (SSSR count). The molecule has 0 aromatic heterocycles. The molecular formula is C15H18O4S. The van der Waals surface area contributed by atoms with Gasteiger partial charge in [0.2, 0.25) is 0 Å². The molecule has 0 fully saturated rings. The van der Waals surface area contributed by atoms with Gasteiger partial charge < -0.3 is 14.6 Å². The van der Waals surface area contributed by atoms with Gasteiger partial charge in [-0.05, 0) is 25.1 Å². The second-order valence-electron chi connectivity index (χ2n) is 3.78. The Kier molecular flexibility index (Phi) is 7.63. The van der Waals surface area contributed by atoms with E-state index in [1.54, 1.807) is 14.0 Å². The van der Waals surface area contributed by atoms with Crippen LogP contribution in [-0.2, 0) is 15.3 Å². The Hall–Kier alpha value is -1.64. The first-order valence-corrected chi connectivity index (χ1v) is 7.36. The third-order valence-corrected chi connectivity index (χ3v) is 3.33. The van der Waals surface area contributed by atoms with Gasteiger partial charge in [0.25, 0.3) is 0 Å². The van der Waals surface area contributed by atoms with Gasteiger partial charge in [-0.3, -0.25) is 4.79 Å². The van der Waals surface area contributed by atoms with E-state index in [4.69, 9.17) is 14.6 Å². The summed E-state index contributed by atoms with van der Waals surface area (Å²) in [6.07, 6.45) is 0. The minimum absolute atomic E-state index is 0.168. The molecule has 1 aromatic rings. The summed E-state index contributed by atoms with van der Waals surface area (Å²) in [5, 5.41) is 8.70. The summed E-state index contributed by atoms with van der Waals surface area (Å²) in [6.45, 7) is 2.02. The average Bonchev–Trinajstić information content (AvgIpc) is 2.45. The predicted octanol–water partition coefficient (Wildman–Crippen LogP) is 1.84. The van der Waals surface area contributed by atoms with Crippen LogP contribution in [-0.4, -0.2) is 37.2 Å². The quantitative estimate of drug-likeness (QED) is 0.641. The van der Waals surface area contributed by atoms with Crippen molar-refractivity contribution in [2.45, 2.75) is 12.7 Å². The number of hydrogen-bond donors (Lipinski definition) is 1. The molecule has 0 spiro atoms. The number of aliphatic hydroxyl groups excluding tert-OH is 1. The molecule has 0 aliphatic carbocycles. The minimum atomic E-state index is -0.215. The van der Waals surface area contributed by atoms with Crippen LogP contribution in [0, 0.1) is 11.8 Å². The molecule has 0 amide bonds. The fraction of sp³-hybridized carbons (Fsp3) is 0.400. The molecule has 0 heterocycles. The lowest BCUT2D eigenvalue weighted by molar-refractivity contribution is -0.139. The van der Waals surface area contributed by atoms with Gasteiger partial charge in [0.1, 0.15) is 12.4 Å². The highest BCUT2D eigenvalue weighted by atomic mass is 32.2. The average molecular weight is 294 g/mol. The molecule has 1 aromatic carbocycles. The SMILES string of the molecule is CCOC(=O)CSCc1cc(C#CCO)ccc1OC. The number of benzene rings is 1. The van der Waals surface area contributed by atoms with E-state index in [2.05, 4.69) is 11.8 Å². The van der Waals surface area contributed by atoms with Gasteiger partial charge in [-0.15, -0.1) is 11.8 Å². The molecule has 20 heavy (non-hydrogen) atoms. The molecule has 0 unspecified atom stereocenters. The maximum atomic E-state index is 11.3. The molecule has 4 nitrogen and oxygen atoms in total. The lowest BCUT2D eigenvalue weighted by Crippen LogP contribution is -2.06. The smallest absolute Gasteiger partial charge is 0.315 e. The Labute approximate surface area is 123 Å². The van der Waals surface area contributed by atoms with Crippen LogP contribution in [0.5, 0.6) is 5.75 Å².